The maximum absolute atomic E-state index is 11.9. The molecule has 2 unspecified atom stereocenters. The summed E-state index contributed by atoms with van der Waals surface area (Å²) in [5, 5.41) is 9.00. The Morgan fingerprint density at radius 3 is 2.78 bits per heavy atom. The van der Waals surface area contributed by atoms with Crippen molar-refractivity contribution < 1.29 is 14.0 Å². The Morgan fingerprint density at radius 1 is 1.61 bits per heavy atom. The Kier molecular flexibility index (Phi) is 5.37. The van der Waals surface area contributed by atoms with Crippen LogP contribution in [0.2, 0.25) is 5.02 Å². The van der Waals surface area contributed by atoms with Crippen molar-refractivity contribution in [3.05, 3.63) is 34.3 Å². The minimum absolute atomic E-state index is 0.151. The van der Waals surface area contributed by atoms with E-state index in [0.29, 0.717) is 22.6 Å². The van der Waals surface area contributed by atoms with Gasteiger partial charge in [0.05, 0.1) is 23.9 Å². The van der Waals surface area contributed by atoms with Crippen LogP contribution < -0.4 is 0 Å². The summed E-state index contributed by atoms with van der Waals surface area (Å²) in [6, 6.07) is 6.56. The number of halogens is 1. The molecule has 1 N–H and O–H groups in total. The molecule has 4 nitrogen and oxygen atoms in total. The van der Waals surface area contributed by atoms with Gasteiger partial charge in [-0.15, -0.1) is 0 Å². The summed E-state index contributed by atoms with van der Waals surface area (Å²) in [5.74, 6) is 0. The van der Waals surface area contributed by atoms with Crippen LogP contribution in [0.25, 0.3) is 0 Å². The van der Waals surface area contributed by atoms with Crippen LogP contribution in [0.5, 0.6) is 0 Å². The summed E-state index contributed by atoms with van der Waals surface area (Å²) in [7, 11) is -3.70. The third-order valence-electron chi connectivity index (χ3n) is 2.47. The molecule has 1 aromatic carbocycles. The van der Waals surface area contributed by atoms with Gasteiger partial charge in [0, 0.05) is 5.02 Å². The second-order valence-electron chi connectivity index (χ2n) is 4.04. The lowest BCUT2D eigenvalue weighted by molar-refractivity contribution is 0.185. The Hall–Kier alpha value is -0.850. The number of hydrogen-bond donors (Lipinski definition) is 1. The molecule has 6 heteroatoms. The smallest absolute Gasteiger partial charge is 0.324 e. The zero-order valence-electron chi connectivity index (χ0n) is 10.3. The van der Waals surface area contributed by atoms with Crippen molar-refractivity contribution in [3.63, 3.8) is 0 Å². The first-order chi connectivity index (χ1) is 8.38. The van der Waals surface area contributed by atoms with Crippen LogP contribution in [0.15, 0.2) is 18.2 Å². The van der Waals surface area contributed by atoms with E-state index in [4.69, 9.17) is 21.4 Å². The van der Waals surface area contributed by atoms with Crippen molar-refractivity contribution in [2.24, 2.45) is 0 Å². The normalized spacial score (nSPS) is 15.7. The van der Waals surface area contributed by atoms with Gasteiger partial charge in [0.25, 0.3) is 0 Å². The van der Waals surface area contributed by atoms with E-state index in [1.807, 2.05) is 13.0 Å². The van der Waals surface area contributed by atoms with E-state index in [2.05, 4.69) is 0 Å². The van der Waals surface area contributed by atoms with Gasteiger partial charge in [-0.25, -0.2) is 0 Å². The molecule has 0 radical (unpaired) electrons. The Labute approximate surface area is 112 Å². The monoisotopic (exact) mass is 287 g/mol. The Morgan fingerprint density at radius 2 is 2.28 bits per heavy atom. The molecule has 1 aromatic rings. The lowest BCUT2D eigenvalue weighted by Crippen LogP contribution is -2.05. The molecule has 18 heavy (non-hydrogen) atoms. The SMILES string of the molecule is CCC(C)OP(=O)(O)Cc1ccc(C#N)cc1Cl. The average molecular weight is 288 g/mol. The molecule has 0 aliphatic rings. The molecule has 0 bridgehead atoms. The number of nitriles is 1. The predicted octanol–water partition coefficient (Wildman–Crippen LogP) is 3.71. The van der Waals surface area contributed by atoms with Crippen LogP contribution in [-0.2, 0) is 15.3 Å². The molecular weight excluding hydrogens is 273 g/mol. The minimum atomic E-state index is -3.70. The lowest BCUT2D eigenvalue weighted by atomic mass is 10.2. The van der Waals surface area contributed by atoms with Crippen LogP contribution in [0.4, 0.5) is 0 Å². The van der Waals surface area contributed by atoms with Crippen molar-refractivity contribution >= 4 is 19.2 Å². The molecule has 0 fully saturated rings. The van der Waals surface area contributed by atoms with Gasteiger partial charge in [0.1, 0.15) is 0 Å². The highest BCUT2D eigenvalue weighted by Crippen LogP contribution is 2.48. The van der Waals surface area contributed by atoms with Crippen molar-refractivity contribution in [1.29, 1.82) is 5.26 Å². The van der Waals surface area contributed by atoms with E-state index in [9.17, 15) is 9.46 Å². The van der Waals surface area contributed by atoms with Gasteiger partial charge in [0.15, 0.2) is 0 Å². The van der Waals surface area contributed by atoms with E-state index < -0.39 is 7.60 Å². The highest BCUT2D eigenvalue weighted by Gasteiger charge is 2.23. The van der Waals surface area contributed by atoms with E-state index in [1.165, 1.54) is 6.07 Å². The first kappa shape index (κ1) is 15.2. The van der Waals surface area contributed by atoms with Gasteiger partial charge in [-0.1, -0.05) is 24.6 Å². The molecule has 0 aliphatic heterocycles. The summed E-state index contributed by atoms with van der Waals surface area (Å²) >= 11 is 5.95. The molecule has 0 aliphatic carbocycles. The van der Waals surface area contributed by atoms with Crippen LogP contribution in [-0.4, -0.2) is 11.0 Å². The summed E-state index contributed by atoms with van der Waals surface area (Å²) < 4.78 is 17.0. The van der Waals surface area contributed by atoms with Crippen molar-refractivity contribution in [3.8, 4) is 6.07 Å². The Balaban J connectivity index is 2.85. The standard InChI is InChI=1S/C12H15ClNO3P/c1-3-9(2)17-18(15,16)8-11-5-4-10(7-14)6-12(11)13/h4-6,9H,3,8H2,1-2H3,(H,15,16). The quantitative estimate of drug-likeness (QED) is 0.838. The zero-order valence-corrected chi connectivity index (χ0v) is 11.9. The van der Waals surface area contributed by atoms with Gasteiger partial charge >= 0.3 is 7.60 Å². The minimum Gasteiger partial charge on any atom is -0.324 e. The highest BCUT2D eigenvalue weighted by molar-refractivity contribution is 7.52. The van der Waals surface area contributed by atoms with E-state index >= 15 is 0 Å². The van der Waals surface area contributed by atoms with Gasteiger partial charge < -0.3 is 9.42 Å². The highest BCUT2D eigenvalue weighted by atomic mass is 35.5. The fourth-order valence-electron chi connectivity index (χ4n) is 1.35. The predicted molar refractivity (Wildman–Crippen MR) is 70.5 cm³/mol. The van der Waals surface area contributed by atoms with Crippen LogP contribution >= 0.6 is 19.2 Å². The third-order valence-corrected chi connectivity index (χ3v) is 4.25. The van der Waals surface area contributed by atoms with E-state index in [1.54, 1.807) is 19.1 Å². The van der Waals surface area contributed by atoms with Gasteiger partial charge in [-0.05, 0) is 31.0 Å². The summed E-state index contributed by atoms with van der Waals surface area (Å²) in [5.41, 5.74) is 0.921. The molecule has 1 rings (SSSR count). The molecular formula is C12H15ClNO3P. The zero-order chi connectivity index (χ0) is 13.8. The van der Waals surface area contributed by atoms with Gasteiger partial charge in [-0.2, -0.15) is 5.26 Å². The molecule has 0 spiro atoms. The second-order valence-corrected chi connectivity index (χ2v) is 6.25. The van der Waals surface area contributed by atoms with E-state index in [-0.39, 0.29) is 12.3 Å². The van der Waals surface area contributed by atoms with Gasteiger partial charge in [0.2, 0.25) is 0 Å². The number of benzene rings is 1. The maximum Gasteiger partial charge on any atom is 0.332 e. The first-order valence-electron chi connectivity index (χ1n) is 5.56. The summed E-state index contributed by atoms with van der Waals surface area (Å²) in [6.45, 7) is 3.61. The molecule has 98 valence electrons. The second kappa shape index (κ2) is 6.36. The van der Waals surface area contributed by atoms with Crippen molar-refractivity contribution in [1.82, 2.24) is 0 Å². The molecule has 2 atom stereocenters. The third kappa shape index (κ3) is 4.44. The Bertz CT molecular complexity index is 513. The van der Waals surface area contributed by atoms with E-state index in [0.717, 1.165) is 0 Å². The topological polar surface area (TPSA) is 70.3 Å². The van der Waals surface area contributed by atoms with Crippen LogP contribution in [0, 0.1) is 11.3 Å². The molecule has 0 aromatic heterocycles. The molecule has 0 amide bonds. The van der Waals surface area contributed by atoms with Gasteiger partial charge in [-0.3, -0.25) is 4.57 Å². The average Bonchev–Trinajstić information content (AvgIpc) is 2.30. The number of rotatable bonds is 5. The summed E-state index contributed by atoms with van der Waals surface area (Å²) in [4.78, 5) is 9.73. The number of hydrogen-bond acceptors (Lipinski definition) is 3. The molecule has 0 saturated heterocycles. The first-order valence-corrected chi connectivity index (χ1v) is 7.70. The lowest BCUT2D eigenvalue weighted by Gasteiger charge is -2.17. The fourth-order valence-corrected chi connectivity index (χ4v) is 3.19. The summed E-state index contributed by atoms with van der Waals surface area (Å²) in [6.07, 6.45) is 0.228. The van der Waals surface area contributed by atoms with Crippen LogP contribution in [0.1, 0.15) is 31.4 Å². The van der Waals surface area contributed by atoms with Crippen LogP contribution in [0.3, 0.4) is 0 Å². The molecule has 0 saturated carbocycles. The largest absolute Gasteiger partial charge is 0.332 e. The maximum atomic E-state index is 11.9. The van der Waals surface area contributed by atoms with Crippen molar-refractivity contribution in [2.45, 2.75) is 32.5 Å². The number of nitrogens with zero attached hydrogens (tertiary/aromatic N) is 1. The van der Waals surface area contributed by atoms with Crippen molar-refractivity contribution in [2.75, 3.05) is 0 Å². The fraction of sp³-hybridized carbons (Fsp3) is 0.417. The molecule has 0 heterocycles.